The second-order valence-corrected chi connectivity index (χ2v) is 7.36. The van der Waals surface area contributed by atoms with Crippen LogP contribution in [0, 0.1) is 13.8 Å². The van der Waals surface area contributed by atoms with Crippen LogP contribution in [-0.4, -0.2) is 27.5 Å². The maximum absolute atomic E-state index is 12.5. The molecule has 30 heavy (non-hydrogen) atoms. The molecule has 2 heterocycles. The first-order valence-corrected chi connectivity index (χ1v) is 9.50. The van der Waals surface area contributed by atoms with Crippen LogP contribution in [0.5, 0.6) is 11.6 Å². The predicted octanol–water partition coefficient (Wildman–Crippen LogP) is 2.30. The normalized spacial score (nSPS) is 15.6. The smallest absolute Gasteiger partial charge is 0.335 e. The predicted molar refractivity (Wildman–Crippen MR) is 114 cm³/mol. The van der Waals surface area contributed by atoms with E-state index in [1.165, 1.54) is 0 Å². The Bertz CT molecular complexity index is 1240. The average Bonchev–Trinajstić information content (AvgIpc) is 3.16. The molecule has 1 aromatic heterocycles. The lowest BCUT2D eigenvalue weighted by Crippen LogP contribution is -2.33. The van der Waals surface area contributed by atoms with Crippen LogP contribution in [-0.2, 0) is 0 Å². The number of nitrogens with zero attached hydrogens (tertiary/aromatic N) is 2. The first kappa shape index (κ1) is 19.5. The van der Waals surface area contributed by atoms with Gasteiger partial charge in [0.2, 0.25) is 5.88 Å². The highest BCUT2D eigenvalue weighted by atomic mass is 16.5. The van der Waals surface area contributed by atoms with Gasteiger partial charge in [-0.05, 0) is 54.8 Å². The van der Waals surface area contributed by atoms with Gasteiger partial charge in [-0.2, -0.15) is 5.10 Å². The molecule has 8 heteroatoms. The summed E-state index contributed by atoms with van der Waals surface area (Å²) in [5.41, 5.74) is 5.30. The minimum absolute atomic E-state index is 0.0164. The van der Waals surface area contributed by atoms with Gasteiger partial charge in [0.05, 0.1) is 24.6 Å². The molecule has 1 atom stereocenters. The Morgan fingerprint density at radius 3 is 2.40 bits per heavy atom. The van der Waals surface area contributed by atoms with Crippen molar-refractivity contribution < 1.29 is 9.84 Å². The topological polar surface area (TPSA) is 109 Å². The van der Waals surface area contributed by atoms with Crippen molar-refractivity contribution >= 4 is 5.71 Å². The second-order valence-electron chi connectivity index (χ2n) is 7.36. The van der Waals surface area contributed by atoms with Gasteiger partial charge in [-0.15, -0.1) is 0 Å². The average molecular weight is 406 g/mol. The number of nitrogens with one attached hydrogen (secondary N) is 2. The third kappa shape index (κ3) is 3.47. The summed E-state index contributed by atoms with van der Waals surface area (Å²) in [4.78, 5) is 27.3. The number of aryl methyl sites for hydroxylation is 2. The molecular formula is C22H22N4O4. The highest BCUT2D eigenvalue weighted by Gasteiger charge is 2.27. The minimum atomic E-state index is -0.704. The summed E-state index contributed by atoms with van der Waals surface area (Å²) in [5.74, 6) is 0.317. The van der Waals surface area contributed by atoms with E-state index < -0.39 is 17.1 Å². The number of aromatic nitrogens is 2. The summed E-state index contributed by atoms with van der Waals surface area (Å²) in [7, 11) is 1.60. The molecule has 0 saturated carbocycles. The van der Waals surface area contributed by atoms with Crippen LogP contribution in [0.25, 0.3) is 5.69 Å². The SMILES string of the molecule is COc1ccc(C2CC(c3c(O)n(-c4cc(C)cc(C)c4)c(=O)[nH]c3=O)=NN2)cc1. The van der Waals surface area contributed by atoms with Gasteiger partial charge in [0, 0.05) is 6.42 Å². The lowest BCUT2D eigenvalue weighted by Gasteiger charge is -2.13. The number of methoxy groups -OCH3 is 1. The fourth-order valence-corrected chi connectivity index (χ4v) is 3.73. The summed E-state index contributed by atoms with van der Waals surface area (Å²) in [5, 5.41) is 15.2. The summed E-state index contributed by atoms with van der Waals surface area (Å²) in [6.45, 7) is 3.80. The Kier molecular flexibility index (Phi) is 4.91. The van der Waals surface area contributed by atoms with Gasteiger partial charge in [0.15, 0.2) is 0 Å². The molecule has 0 fully saturated rings. The van der Waals surface area contributed by atoms with Gasteiger partial charge in [-0.25, -0.2) is 9.36 Å². The molecule has 0 radical (unpaired) electrons. The van der Waals surface area contributed by atoms with Crippen LogP contribution >= 0.6 is 0 Å². The third-order valence-corrected chi connectivity index (χ3v) is 5.11. The van der Waals surface area contributed by atoms with Crippen molar-refractivity contribution in [3.63, 3.8) is 0 Å². The summed E-state index contributed by atoms with van der Waals surface area (Å²) in [6.07, 6.45) is 0.383. The molecule has 0 saturated heterocycles. The molecular weight excluding hydrogens is 384 g/mol. The number of benzene rings is 2. The lowest BCUT2D eigenvalue weighted by atomic mass is 10.00. The standard InChI is InChI=1S/C22H22N4O4/c1-12-8-13(2)10-15(9-12)26-21(28)19(20(27)23-22(26)29)18-11-17(24-25-18)14-4-6-16(30-3)7-5-14/h4-10,17,24,28H,11H2,1-3H3,(H,23,27,29). The molecule has 0 amide bonds. The maximum Gasteiger partial charge on any atom is 0.335 e. The summed E-state index contributed by atoms with van der Waals surface area (Å²) in [6, 6.07) is 12.9. The van der Waals surface area contributed by atoms with Crippen LogP contribution in [0.1, 0.15) is 34.7 Å². The van der Waals surface area contributed by atoms with E-state index in [1.807, 2.05) is 44.2 Å². The van der Waals surface area contributed by atoms with E-state index in [2.05, 4.69) is 15.5 Å². The van der Waals surface area contributed by atoms with Crippen LogP contribution in [0.2, 0.25) is 0 Å². The molecule has 1 aliphatic heterocycles. The number of aromatic amines is 1. The van der Waals surface area contributed by atoms with Crippen LogP contribution < -0.4 is 21.4 Å². The molecule has 154 valence electrons. The Morgan fingerprint density at radius 2 is 1.77 bits per heavy atom. The second kappa shape index (κ2) is 7.55. The first-order chi connectivity index (χ1) is 14.4. The number of hydrogen-bond acceptors (Lipinski definition) is 6. The van der Waals surface area contributed by atoms with E-state index in [0.717, 1.165) is 27.0 Å². The molecule has 8 nitrogen and oxygen atoms in total. The van der Waals surface area contributed by atoms with Gasteiger partial charge in [0.25, 0.3) is 5.56 Å². The van der Waals surface area contributed by atoms with Gasteiger partial charge < -0.3 is 15.3 Å². The maximum atomic E-state index is 12.5. The minimum Gasteiger partial charge on any atom is -0.497 e. The molecule has 0 spiro atoms. The molecule has 1 unspecified atom stereocenters. The zero-order valence-electron chi connectivity index (χ0n) is 16.9. The monoisotopic (exact) mass is 406 g/mol. The highest BCUT2D eigenvalue weighted by molar-refractivity contribution is 6.03. The van der Waals surface area contributed by atoms with Crippen LogP contribution in [0.4, 0.5) is 0 Å². The van der Waals surface area contributed by atoms with E-state index in [1.54, 1.807) is 19.2 Å². The van der Waals surface area contributed by atoms with Gasteiger partial charge >= 0.3 is 5.69 Å². The number of rotatable bonds is 4. The summed E-state index contributed by atoms with van der Waals surface area (Å²) >= 11 is 0. The van der Waals surface area contributed by atoms with E-state index in [9.17, 15) is 14.7 Å². The van der Waals surface area contributed by atoms with Gasteiger partial charge in [0.1, 0.15) is 11.3 Å². The summed E-state index contributed by atoms with van der Waals surface area (Å²) < 4.78 is 6.27. The van der Waals surface area contributed by atoms with Crippen LogP contribution in [0.15, 0.2) is 57.2 Å². The van der Waals surface area contributed by atoms with E-state index in [4.69, 9.17) is 4.74 Å². The molecule has 3 aromatic rings. The van der Waals surface area contributed by atoms with E-state index in [0.29, 0.717) is 17.8 Å². The van der Waals surface area contributed by atoms with Crippen molar-refractivity contribution in [3.05, 3.63) is 85.6 Å². The van der Waals surface area contributed by atoms with Crippen LogP contribution in [0.3, 0.4) is 0 Å². The molecule has 4 rings (SSSR count). The van der Waals surface area contributed by atoms with E-state index in [-0.39, 0.29) is 11.6 Å². The Balaban J connectivity index is 1.73. The third-order valence-electron chi connectivity index (χ3n) is 5.11. The van der Waals surface area contributed by atoms with Gasteiger partial charge in [-0.3, -0.25) is 9.78 Å². The lowest BCUT2D eigenvalue weighted by molar-refractivity contribution is 0.414. The fraction of sp³-hybridized carbons (Fsp3) is 0.227. The van der Waals surface area contributed by atoms with E-state index >= 15 is 0 Å². The Hall–Kier alpha value is -3.81. The molecule has 0 bridgehead atoms. The first-order valence-electron chi connectivity index (χ1n) is 9.50. The van der Waals surface area contributed by atoms with Crippen molar-refractivity contribution in [2.45, 2.75) is 26.3 Å². The Morgan fingerprint density at radius 1 is 1.10 bits per heavy atom. The van der Waals surface area contributed by atoms with Crippen molar-refractivity contribution in [1.82, 2.24) is 15.0 Å². The van der Waals surface area contributed by atoms with Crippen molar-refractivity contribution in [1.29, 1.82) is 0 Å². The molecule has 3 N–H and O–H groups in total. The quantitative estimate of drug-likeness (QED) is 0.616. The number of H-pyrrole nitrogens is 1. The van der Waals surface area contributed by atoms with Gasteiger partial charge in [-0.1, -0.05) is 18.2 Å². The zero-order valence-corrected chi connectivity index (χ0v) is 16.9. The van der Waals surface area contributed by atoms with Crippen molar-refractivity contribution in [2.75, 3.05) is 7.11 Å². The number of hydrazone groups is 1. The Labute approximate surface area is 172 Å². The number of aromatic hydroxyl groups is 1. The molecule has 1 aliphatic rings. The van der Waals surface area contributed by atoms with Crippen molar-refractivity contribution in [3.8, 4) is 17.3 Å². The molecule has 0 aliphatic carbocycles. The number of ether oxygens (including phenoxy) is 1. The highest BCUT2D eigenvalue weighted by Crippen LogP contribution is 2.28. The molecule has 2 aromatic carbocycles. The fourth-order valence-electron chi connectivity index (χ4n) is 3.73. The largest absolute Gasteiger partial charge is 0.497 e. The number of hydrogen-bond donors (Lipinski definition) is 3. The zero-order chi connectivity index (χ0) is 21.4. The van der Waals surface area contributed by atoms with Crippen molar-refractivity contribution in [2.24, 2.45) is 5.10 Å².